The van der Waals surface area contributed by atoms with Crippen LogP contribution in [0.1, 0.15) is 12.5 Å². The van der Waals surface area contributed by atoms with E-state index in [1.54, 1.807) is 6.92 Å². The van der Waals surface area contributed by atoms with Crippen LogP contribution < -0.4 is 4.74 Å². The number of carboxylic acid groups (broad SMARTS) is 1. The van der Waals surface area contributed by atoms with Gasteiger partial charge >= 0.3 is 5.97 Å². The van der Waals surface area contributed by atoms with Crippen molar-refractivity contribution in [3.63, 3.8) is 0 Å². The van der Waals surface area contributed by atoms with Gasteiger partial charge in [-0.3, -0.25) is 9.69 Å². The molecule has 1 atom stereocenters. The number of ether oxygens (including phenoxy) is 2. The average molecular weight is 371 g/mol. The number of carbonyl (C=O) groups is 1. The molecule has 25 heavy (non-hydrogen) atoms. The van der Waals surface area contributed by atoms with Gasteiger partial charge in [0.05, 0.1) is 24.2 Å². The molecule has 1 heterocycles. The first kappa shape index (κ1) is 20.0. The Labute approximate surface area is 154 Å². The van der Waals surface area contributed by atoms with E-state index in [2.05, 4.69) is 4.90 Å². The lowest BCUT2D eigenvalue weighted by Crippen LogP contribution is -2.38. The molecule has 0 aromatic heterocycles. The minimum absolute atomic E-state index is 0.400. The highest BCUT2D eigenvalue weighted by Gasteiger charge is 2.14. The van der Waals surface area contributed by atoms with Crippen molar-refractivity contribution in [2.45, 2.75) is 13.5 Å². The van der Waals surface area contributed by atoms with Crippen LogP contribution in [0.15, 0.2) is 18.2 Å². The topological polar surface area (TPSA) is 62.2 Å². The third kappa shape index (κ3) is 6.82. The van der Waals surface area contributed by atoms with Crippen LogP contribution >= 0.6 is 11.6 Å². The summed E-state index contributed by atoms with van der Waals surface area (Å²) < 4.78 is 11.1. The van der Waals surface area contributed by atoms with Gasteiger partial charge in [0.1, 0.15) is 12.4 Å². The van der Waals surface area contributed by atoms with E-state index in [9.17, 15) is 4.79 Å². The second-order valence-electron chi connectivity index (χ2n) is 6.50. The molecule has 140 valence electrons. The van der Waals surface area contributed by atoms with E-state index in [4.69, 9.17) is 26.2 Å². The predicted molar refractivity (Wildman–Crippen MR) is 97.3 cm³/mol. The quantitative estimate of drug-likeness (QED) is 0.719. The maximum Gasteiger partial charge on any atom is 0.307 e. The second kappa shape index (κ2) is 9.97. The Hall–Kier alpha value is -1.34. The lowest BCUT2D eigenvalue weighted by atomic mass is 10.1. The third-order valence-electron chi connectivity index (χ3n) is 4.22. The number of morpholine rings is 1. The fourth-order valence-electron chi connectivity index (χ4n) is 2.79. The first-order valence-corrected chi connectivity index (χ1v) is 8.96. The first-order valence-electron chi connectivity index (χ1n) is 8.58. The average Bonchev–Trinajstić information content (AvgIpc) is 2.57. The summed E-state index contributed by atoms with van der Waals surface area (Å²) in [6.45, 7) is 7.74. The molecule has 1 unspecified atom stereocenters. The Morgan fingerprint density at radius 3 is 2.80 bits per heavy atom. The number of hydrogen-bond donors (Lipinski definition) is 1. The summed E-state index contributed by atoms with van der Waals surface area (Å²) in [6, 6.07) is 5.73. The van der Waals surface area contributed by atoms with Crippen LogP contribution in [0.3, 0.4) is 0 Å². The Morgan fingerprint density at radius 2 is 2.16 bits per heavy atom. The molecule has 0 spiro atoms. The smallest absolute Gasteiger partial charge is 0.307 e. The monoisotopic (exact) mass is 370 g/mol. The first-order chi connectivity index (χ1) is 12.0. The van der Waals surface area contributed by atoms with Gasteiger partial charge in [-0.05, 0) is 24.7 Å². The molecule has 0 bridgehead atoms. The van der Waals surface area contributed by atoms with E-state index < -0.39 is 11.9 Å². The minimum Gasteiger partial charge on any atom is -0.491 e. The highest BCUT2D eigenvalue weighted by atomic mass is 35.5. The molecule has 6 nitrogen and oxygen atoms in total. The van der Waals surface area contributed by atoms with Gasteiger partial charge in [0.2, 0.25) is 0 Å². The van der Waals surface area contributed by atoms with Crippen molar-refractivity contribution in [2.24, 2.45) is 5.92 Å². The van der Waals surface area contributed by atoms with Crippen molar-refractivity contribution in [1.29, 1.82) is 0 Å². The van der Waals surface area contributed by atoms with Crippen molar-refractivity contribution < 1.29 is 19.4 Å². The van der Waals surface area contributed by atoms with Crippen molar-refractivity contribution in [3.8, 4) is 5.75 Å². The molecular weight excluding hydrogens is 344 g/mol. The Morgan fingerprint density at radius 1 is 1.44 bits per heavy atom. The lowest BCUT2D eigenvalue weighted by molar-refractivity contribution is -0.141. The molecule has 2 rings (SSSR count). The fraction of sp³-hybridized carbons (Fsp3) is 0.611. The van der Waals surface area contributed by atoms with Crippen LogP contribution in [0.4, 0.5) is 0 Å². The molecule has 1 fully saturated rings. The molecule has 0 aliphatic carbocycles. The zero-order valence-corrected chi connectivity index (χ0v) is 15.7. The number of hydrogen-bond acceptors (Lipinski definition) is 5. The SMILES string of the molecule is CC(CN(C)Cc1ccc(OCCN2CCOCC2)c(Cl)c1)C(=O)O. The van der Waals surface area contributed by atoms with Crippen LogP contribution in [0.2, 0.25) is 5.02 Å². The molecule has 0 radical (unpaired) electrons. The number of benzene rings is 1. The number of carboxylic acids is 1. The number of nitrogens with zero attached hydrogens (tertiary/aromatic N) is 2. The van der Waals surface area contributed by atoms with E-state index >= 15 is 0 Å². The highest BCUT2D eigenvalue weighted by molar-refractivity contribution is 6.32. The van der Waals surface area contributed by atoms with Gasteiger partial charge in [0.25, 0.3) is 0 Å². The highest BCUT2D eigenvalue weighted by Crippen LogP contribution is 2.26. The Bertz CT molecular complexity index is 564. The van der Waals surface area contributed by atoms with E-state index in [-0.39, 0.29) is 0 Å². The molecule has 0 saturated carbocycles. The number of halogens is 1. The molecule has 1 aliphatic heterocycles. The van der Waals surface area contributed by atoms with Gasteiger partial charge in [0.15, 0.2) is 0 Å². The van der Waals surface area contributed by atoms with E-state index in [1.807, 2.05) is 30.1 Å². The molecule has 0 amide bonds. The summed E-state index contributed by atoms with van der Waals surface area (Å²) >= 11 is 6.32. The van der Waals surface area contributed by atoms with Gasteiger partial charge in [-0.1, -0.05) is 24.6 Å². The summed E-state index contributed by atoms with van der Waals surface area (Å²) in [5.41, 5.74) is 1.03. The summed E-state index contributed by atoms with van der Waals surface area (Å²) in [5.74, 6) is -0.502. The normalized spacial score (nSPS) is 16.8. The molecule has 1 saturated heterocycles. The van der Waals surface area contributed by atoms with Gasteiger partial charge in [-0.25, -0.2) is 0 Å². The molecule has 1 aliphatic rings. The fourth-order valence-corrected chi connectivity index (χ4v) is 3.05. The number of aliphatic carboxylic acids is 1. The van der Waals surface area contributed by atoms with Crippen LogP contribution in [-0.2, 0) is 16.1 Å². The molecule has 7 heteroatoms. The standard InChI is InChI=1S/C18H27ClN2O4/c1-14(18(22)23)12-20(2)13-15-3-4-17(16(19)11-15)25-10-7-21-5-8-24-9-6-21/h3-4,11,14H,5-10,12-13H2,1-2H3,(H,22,23). The zero-order chi connectivity index (χ0) is 18.2. The Kier molecular flexibility index (Phi) is 7.96. The molecule has 1 aromatic rings. The van der Waals surface area contributed by atoms with Gasteiger partial charge < -0.3 is 19.5 Å². The van der Waals surface area contributed by atoms with Crippen LogP contribution in [0.25, 0.3) is 0 Å². The molecule has 1 aromatic carbocycles. The maximum atomic E-state index is 10.9. The summed E-state index contributed by atoms with van der Waals surface area (Å²) in [7, 11) is 1.90. The largest absolute Gasteiger partial charge is 0.491 e. The lowest BCUT2D eigenvalue weighted by Gasteiger charge is -2.26. The van der Waals surface area contributed by atoms with Crippen molar-refractivity contribution in [3.05, 3.63) is 28.8 Å². The summed E-state index contributed by atoms with van der Waals surface area (Å²) in [4.78, 5) is 15.2. The van der Waals surface area contributed by atoms with E-state index in [1.165, 1.54) is 0 Å². The minimum atomic E-state index is -0.783. The van der Waals surface area contributed by atoms with E-state index in [0.717, 1.165) is 38.4 Å². The van der Waals surface area contributed by atoms with Crippen LogP contribution in [0, 0.1) is 5.92 Å². The van der Waals surface area contributed by atoms with Crippen molar-refractivity contribution in [2.75, 3.05) is 53.0 Å². The maximum absolute atomic E-state index is 10.9. The second-order valence-corrected chi connectivity index (χ2v) is 6.91. The Balaban J connectivity index is 1.79. The van der Waals surface area contributed by atoms with E-state index in [0.29, 0.717) is 30.5 Å². The van der Waals surface area contributed by atoms with Crippen LogP contribution in [0.5, 0.6) is 5.75 Å². The summed E-state index contributed by atoms with van der Waals surface area (Å²) in [6.07, 6.45) is 0. The van der Waals surface area contributed by atoms with Crippen molar-refractivity contribution >= 4 is 17.6 Å². The zero-order valence-electron chi connectivity index (χ0n) is 14.9. The third-order valence-corrected chi connectivity index (χ3v) is 4.52. The molecule has 1 N–H and O–H groups in total. The number of rotatable bonds is 9. The van der Waals surface area contributed by atoms with Crippen molar-refractivity contribution in [1.82, 2.24) is 9.80 Å². The predicted octanol–water partition coefficient (Wildman–Crippen LogP) is 2.20. The van der Waals surface area contributed by atoms with Gasteiger partial charge in [0, 0.05) is 32.7 Å². The van der Waals surface area contributed by atoms with Crippen LogP contribution in [-0.4, -0.2) is 73.9 Å². The summed E-state index contributed by atoms with van der Waals surface area (Å²) in [5, 5.41) is 9.56. The molecular formula is C18H27ClN2O4. The van der Waals surface area contributed by atoms with Gasteiger partial charge in [-0.15, -0.1) is 0 Å². The van der Waals surface area contributed by atoms with Gasteiger partial charge in [-0.2, -0.15) is 0 Å².